The summed E-state index contributed by atoms with van der Waals surface area (Å²) in [7, 11) is 0. The van der Waals surface area contributed by atoms with Crippen molar-refractivity contribution < 1.29 is 4.79 Å². The second-order valence-corrected chi connectivity index (χ2v) is 6.04. The van der Waals surface area contributed by atoms with Crippen LogP contribution in [0.5, 0.6) is 0 Å². The van der Waals surface area contributed by atoms with E-state index in [1.165, 1.54) is 0 Å². The van der Waals surface area contributed by atoms with Gasteiger partial charge in [-0.3, -0.25) is 14.6 Å². The van der Waals surface area contributed by atoms with Crippen LogP contribution in [0, 0.1) is 0 Å². The first-order valence-corrected chi connectivity index (χ1v) is 6.84. The number of anilines is 1. The third-order valence-corrected chi connectivity index (χ3v) is 2.86. The van der Waals surface area contributed by atoms with E-state index in [-0.39, 0.29) is 23.0 Å². The predicted octanol–water partition coefficient (Wildman–Crippen LogP) is 1.64. The Labute approximate surface area is 123 Å². The van der Waals surface area contributed by atoms with Gasteiger partial charge in [0, 0.05) is 5.54 Å². The monoisotopic (exact) mass is 288 g/mol. The number of H-pyrrole nitrogens is 1. The topological polar surface area (TPSA) is 86.9 Å². The van der Waals surface area contributed by atoms with E-state index in [0.717, 1.165) is 0 Å². The first-order valence-electron chi connectivity index (χ1n) is 6.84. The standard InChI is InChI=1S/C15H20N4O2/c1-9(12(20)19-15(2,3)4)16-14-17-11-8-6-5-7-10(11)13(21)18-14/h5-9H,1-4H3,(H,19,20)(H2,16,17,18,21). The van der Waals surface area contributed by atoms with E-state index in [4.69, 9.17) is 0 Å². The zero-order valence-corrected chi connectivity index (χ0v) is 12.7. The van der Waals surface area contributed by atoms with Crippen molar-refractivity contribution in [3.05, 3.63) is 34.6 Å². The summed E-state index contributed by atoms with van der Waals surface area (Å²) in [6.07, 6.45) is 0. The lowest BCUT2D eigenvalue weighted by molar-refractivity contribution is -0.122. The predicted molar refractivity (Wildman–Crippen MR) is 83.3 cm³/mol. The largest absolute Gasteiger partial charge is 0.350 e. The number of nitrogens with one attached hydrogen (secondary N) is 3. The third-order valence-electron chi connectivity index (χ3n) is 2.86. The van der Waals surface area contributed by atoms with Gasteiger partial charge in [0.25, 0.3) is 5.56 Å². The van der Waals surface area contributed by atoms with Gasteiger partial charge in [0.2, 0.25) is 11.9 Å². The van der Waals surface area contributed by atoms with Crippen LogP contribution in [0.15, 0.2) is 29.1 Å². The highest BCUT2D eigenvalue weighted by Gasteiger charge is 2.19. The van der Waals surface area contributed by atoms with Crippen molar-refractivity contribution in [2.75, 3.05) is 5.32 Å². The lowest BCUT2D eigenvalue weighted by Crippen LogP contribution is -2.47. The molecule has 1 aromatic carbocycles. The zero-order valence-electron chi connectivity index (χ0n) is 12.7. The zero-order chi connectivity index (χ0) is 15.6. The van der Waals surface area contributed by atoms with E-state index in [1.807, 2.05) is 26.8 Å². The highest BCUT2D eigenvalue weighted by Crippen LogP contribution is 2.09. The maximum absolute atomic E-state index is 12.0. The smallest absolute Gasteiger partial charge is 0.260 e. The van der Waals surface area contributed by atoms with Gasteiger partial charge in [-0.15, -0.1) is 0 Å². The Hall–Kier alpha value is -2.37. The molecule has 0 aliphatic heterocycles. The van der Waals surface area contributed by atoms with E-state index >= 15 is 0 Å². The van der Waals surface area contributed by atoms with Gasteiger partial charge < -0.3 is 10.6 Å². The van der Waals surface area contributed by atoms with Crippen LogP contribution < -0.4 is 16.2 Å². The average Bonchev–Trinajstić information content (AvgIpc) is 2.36. The van der Waals surface area contributed by atoms with Gasteiger partial charge >= 0.3 is 0 Å². The molecular weight excluding hydrogens is 268 g/mol. The highest BCUT2D eigenvalue weighted by molar-refractivity contribution is 5.84. The first-order chi connectivity index (χ1) is 9.76. The SMILES string of the molecule is CC(Nc1nc2ccccc2c(=O)[nH]1)C(=O)NC(C)(C)C. The number of rotatable bonds is 3. The molecule has 1 unspecified atom stereocenters. The van der Waals surface area contributed by atoms with Crippen molar-refractivity contribution >= 4 is 22.8 Å². The molecule has 1 atom stereocenters. The van der Waals surface area contributed by atoms with Crippen molar-refractivity contribution in [1.82, 2.24) is 15.3 Å². The van der Waals surface area contributed by atoms with Gasteiger partial charge in [-0.25, -0.2) is 4.98 Å². The van der Waals surface area contributed by atoms with Gasteiger partial charge in [-0.05, 0) is 39.8 Å². The second kappa shape index (κ2) is 5.55. The lowest BCUT2D eigenvalue weighted by atomic mass is 10.1. The molecule has 0 aliphatic rings. The number of fused-ring (bicyclic) bond motifs is 1. The molecule has 1 aromatic heterocycles. The second-order valence-electron chi connectivity index (χ2n) is 6.04. The van der Waals surface area contributed by atoms with E-state index in [9.17, 15) is 9.59 Å². The quantitative estimate of drug-likeness (QED) is 0.801. The maximum Gasteiger partial charge on any atom is 0.260 e. The number of para-hydroxylation sites is 1. The summed E-state index contributed by atoms with van der Waals surface area (Å²) >= 11 is 0. The fraction of sp³-hybridized carbons (Fsp3) is 0.400. The molecule has 21 heavy (non-hydrogen) atoms. The van der Waals surface area contributed by atoms with Gasteiger partial charge in [0.1, 0.15) is 6.04 Å². The van der Waals surface area contributed by atoms with Gasteiger partial charge in [-0.2, -0.15) is 0 Å². The fourth-order valence-corrected chi connectivity index (χ4v) is 1.90. The van der Waals surface area contributed by atoms with Crippen LogP contribution in [0.2, 0.25) is 0 Å². The van der Waals surface area contributed by atoms with Crippen LogP contribution in [0.3, 0.4) is 0 Å². The fourth-order valence-electron chi connectivity index (χ4n) is 1.90. The molecule has 3 N–H and O–H groups in total. The highest BCUT2D eigenvalue weighted by atomic mass is 16.2. The minimum Gasteiger partial charge on any atom is -0.350 e. The van der Waals surface area contributed by atoms with Crippen LogP contribution in [0.1, 0.15) is 27.7 Å². The Balaban J connectivity index is 2.20. The average molecular weight is 288 g/mol. The number of aromatic amines is 1. The maximum atomic E-state index is 12.0. The van der Waals surface area contributed by atoms with Crippen molar-refractivity contribution in [2.45, 2.75) is 39.3 Å². The number of hydrogen-bond donors (Lipinski definition) is 3. The van der Waals surface area contributed by atoms with Crippen molar-refractivity contribution in [1.29, 1.82) is 0 Å². The number of aromatic nitrogens is 2. The first kappa shape index (κ1) is 15.0. The minimum absolute atomic E-state index is 0.154. The van der Waals surface area contributed by atoms with Crippen molar-refractivity contribution in [3.8, 4) is 0 Å². The van der Waals surface area contributed by atoms with Gasteiger partial charge in [0.05, 0.1) is 10.9 Å². The summed E-state index contributed by atoms with van der Waals surface area (Å²) in [6.45, 7) is 7.45. The lowest BCUT2D eigenvalue weighted by Gasteiger charge is -2.23. The Kier molecular flexibility index (Phi) is 3.97. The number of carbonyl (C=O) groups excluding carboxylic acids is 1. The molecule has 0 radical (unpaired) electrons. The number of hydrogen-bond acceptors (Lipinski definition) is 4. The minimum atomic E-state index is -0.506. The van der Waals surface area contributed by atoms with Gasteiger partial charge in [0.15, 0.2) is 0 Å². The van der Waals surface area contributed by atoms with Crippen LogP contribution in [0.25, 0.3) is 10.9 Å². The van der Waals surface area contributed by atoms with Crippen LogP contribution in [-0.2, 0) is 4.79 Å². The summed E-state index contributed by atoms with van der Waals surface area (Å²) in [5.74, 6) is 0.133. The molecule has 6 heteroatoms. The number of benzene rings is 1. The molecular formula is C15H20N4O2. The van der Waals surface area contributed by atoms with E-state index in [2.05, 4.69) is 20.6 Å². The third kappa shape index (κ3) is 3.81. The Morgan fingerprint density at radius 3 is 2.62 bits per heavy atom. The normalized spacial score (nSPS) is 13.0. The summed E-state index contributed by atoms with van der Waals surface area (Å²) < 4.78 is 0. The molecule has 2 rings (SSSR count). The summed E-state index contributed by atoms with van der Waals surface area (Å²) in [5.41, 5.74) is 0.0516. The van der Waals surface area contributed by atoms with E-state index in [0.29, 0.717) is 10.9 Å². The number of amides is 1. The van der Waals surface area contributed by atoms with Crippen molar-refractivity contribution in [2.24, 2.45) is 0 Å². The molecule has 112 valence electrons. The van der Waals surface area contributed by atoms with Crippen molar-refractivity contribution in [3.63, 3.8) is 0 Å². The molecule has 0 bridgehead atoms. The molecule has 1 amide bonds. The molecule has 0 saturated carbocycles. The molecule has 2 aromatic rings. The molecule has 0 spiro atoms. The van der Waals surface area contributed by atoms with Gasteiger partial charge in [-0.1, -0.05) is 12.1 Å². The summed E-state index contributed by atoms with van der Waals surface area (Å²) in [6, 6.07) is 6.56. The summed E-state index contributed by atoms with van der Waals surface area (Å²) in [4.78, 5) is 30.9. The molecule has 6 nitrogen and oxygen atoms in total. The molecule has 0 fully saturated rings. The Morgan fingerprint density at radius 1 is 1.29 bits per heavy atom. The summed E-state index contributed by atoms with van der Waals surface area (Å²) in [5, 5.41) is 6.31. The Morgan fingerprint density at radius 2 is 1.95 bits per heavy atom. The van der Waals surface area contributed by atoms with E-state index in [1.54, 1.807) is 25.1 Å². The number of nitrogens with zero attached hydrogens (tertiary/aromatic N) is 1. The van der Waals surface area contributed by atoms with Crippen LogP contribution >= 0.6 is 0 Å². The van der Waals surface area contributed by atoms with Crippen LogP contribution in [0.4, 0.5) is 5.95 Å². The molecule has 0 saturated heterocycles. The number of carbonyl (C=O) groups is 1. The Bertz CT molecular complexity index is 715. The molecule has 0 aliphatic carbocycles. The van der Waals surface area contributed by atoms with E-state index < -0.39 is 6.04 Å². The van der Waals surface area contributed by atoms with Crippen LogP contribution in [-0.4, -0.2) is 27.5 Å². The molecule has 1 heterocycles.